The number of allylic oxidation sites excluding steroid dienone is 1. The van der Waals surface area contributed by atoms with Gasteiger partial charge in [-0.1, -0.05) is 152 Å². The molecule has 2 aromatic heterocycles. The van der Waals surface area contributed by atoms with Gasteiger partial charge in [-0.05, 0) is 57.6 Å². The molecule has 2 aliphatic carbocycles. The molecule has 0 radical (unpaired) electrons. The molecule has 1 spiro atoms. The zero-order chi connectivity index (χ0) is 36.8. The predicted molar refractivity (Wildman–Crippen MR) is 218 cm³/mol. The third-order valence-corrected chi connectivity index (χ3v) is 11.2. The summed E-state index contributed by atoms with van der Waals surface area (Å²) in [5.41, 5.74) is 10.1. The van der Waals surface area contributed by atoms with Crippen LogP contribution in [-0.2, 0) is 5.41 Å². The number of fused-ring (bicyclic) bond motifs is 12. The van der Waals surface area contributed by atoms with Crippen LogP contribution in [0.5, 0.6) is 11.5 Å². The summed E-state index contributed by atoms with van der Waals surface area (Å²) in [6.07, 6.45) is 0. The first-order valence-electron chi connectivity index (χ1n) is 18.7. The van der Waals surface area contributed by atoms with Crippen molar-refractivity contribution in [3.63, 3.8) is 0 Å². The predicted octanol–water partition coefficient (Wildman–Crippen LogP) is 11.8. The second-order valence-electron chi connectivity index (χ2n) is 14.3. The van der Waals surface area contributed by atoms with Crippen molar-refractivity contribution in [2.45, 2.75) is 5.41 Å². The normalized spacial score (nSPS) is 15.8. The van der Waals surface area contributed by atoms with E-state index in [-0.39, 0.29) is 0 Å². The number of aromatic nitrogens is 3. The quantitative estimate of drug-likeness (QED) is 0.180. The summed E-state index contributed by atoms with van der Waals surface area (Å²) < 4.78 is 20.7. The molecule has 3 aliphatic rings. The monoisotopic (exact) mass is 719 g/mol. The maximum absolute atomic E-state index is 6.99. The van der Waals surface area contributed by atoms with Crippen LogP contribution >= 0.6 is 0 Å². The Bertz CT molecular complexity index is 3040. The fraction of sp³-hybridized carbons (Fsp3) is 0.0200. The van der Waals surface area contributed by atoms with Crippen molar-refractivity contribution in [1.29, 1.82) is 0 Å². The number of hydrogen-bond acceptors (Lipinski definition) is 6. The Kier molecular flexibility index (Phi) is 6.45. The first-order chi connectivity index (χ1) is 27.8. The van der Waals surface area contributed by atoms with Crippen LogP contribution in [0, 0.1) is 0 Å². The average molecular weight is 720 g/mol. The second-order valence-corrected chi connectivity index (χ2v) is 14.3. The van der Waals surface area contributed by atoms with Crippen LogP contribution in [0.15, 0.2) is 186 Å². The molecule has 12 rings (SSSR count). The molecule has 9 aromatic rings. The molecule has 0 fully saturated rings. The molecule has 6 heteroatoms. The van der Waals surface area contributed by atoms with Crippen molar-refractivity contribution in [2.24, 2.45) is 0 Å². The number of hydrogen-bond donors (Lipinski definition) is 0. The molecular weight excluding hydrogens is 691 g/mol. The molecule has 1 aliphatic heterocycles. The van der Waals surface area contributed by atoms with Gasteiger partial charge in [-0.2, -0.15) is 0 Å². The first kappa shape index (κ1) is 30.8. The SMILES string of the molecule is c1ccc(-c2nc(-c3ccccc3)nc(-c3cccc(-c4cccc5c4-c4ccccc4C54C5=C(Oc6ccccc6O5)c5c4oc4ccccc54)c3)n2)cc1. The van der Waals surface area contributed by atoms with Gasteiger partial charge in [0.05, 0.1) is 5.56 Å². The number of furan rings is 1. The zero-order valence-electron chi connectivity index (χ0n) is 29.8. The fourth-order valence-corrected chi connectivity index (χ4v) is 8.80. The van der Waals surface area contributed by atoms with Gasteiger partial charge in [0.1, 0.15) is 16.8 Å². The van der Waals surface area contributed by atoms with Crippen molar-refractivity contribution < 1.29 is 13.9 Å². The Morgan fingerprint density at radius 1 is 0.411 bits per heavy atom. The molecule has 0 N–H and O–H groups in total. The van der Waals surface area contributed by atoms with E-state index in [1.54, 1.807) is 0 Å². The van der Waals surface area contributed by atoms with E-state index < -0.39 is 5.41 Å². The van der Waals surface area contributed by atoms with Crippen LogP contribution in [0.1, 0.15) is 22.5 Å². The molecule has 0 saturated carbocycles. The summed E-state index contributed by atoms with van der Waals surface area (Å²) in [5.74, 6) is 5.43. The van der Waals surface area contributed by atoms with Gasteiger partial charge in [0.15, 0.2) is 40.5 Å². The minimum Gasteiger partial charge on any atom is -0.458 e. The van der Waals surface area contributed by atoms with Crippen molar-refractivity contribution in [1.82, 2.24) is 15.0 Å². The largest absolute Gasteiger partial charge is 0.458 e. The molecule has 56 heavy (non-hydrogen) atoms. The lowest BCUT2D eigenvalue weighted by atomic mass is 9.76. The number of nitrogens with zero attached hydrogens (tertiary/aromatic N) is 3. The van der Waals surface area contributed by atoms with Crippen LogP contribution in [0.4, 0.5) is 0 Å². The maximum Gasteiger partial charge on any atom is 0.179 e. The van der Waals surface area contributed by atoms with Crippen LogP contribution in [0.2, 0.25) is 0 Å². The third kappa shape index (κ3) is 4.29. The molecule has 6 nitrogen and oxygen atoms in total. The van der Waals surface area contributed by atoms with Gasteiger partial charge < -0.3 is 13.9 Å². The van der Waals surface area contributed by atoms with Crippen LogP contribution in [0.25, 0.3) is 73.1 Å². The third-order valence-electron chi connectivity index (χ3n) is 11.2. The van der Waals surface area contributed by atoms with Gasteiger partial charge in [0, 0.05) is 22.1 Å². The lowest BCUT2D eigenvalue weighted by Crippen LogP contribution is -2.31. The molecule has 1 atom stereocenters. The van der Waals surface area contributed by atoms with Gasteiger partial charge in [-0.25, -0.2) is 15.0 Å². The minimum atomic E-state index is -0.889. The highest BCUT2D eigenvalue weighted by Crippen LogP contribution is 2.66. The molecule has 3 heterocycles. The highest BCUT2D eigenvalue weighted by atomic mass is 16.6. The molecule has 1 unspecified atom stereocenters. The van der Waals surface area contributed by atoms with Crippen LogP contribution in [-0.4, -0.2) is 15.0 Å². The van der Waals surface area contributed by atoms with E-state index in [1.807, 2.05) is 103 Å². The number of benzene rings is 7. The lowest BCUT2D eigenvalue weighted by molar-refractivity contribution is 0.306. The Morgan fingerprint density at radius 2 is 0.964 bits per heavy atom. The Morgan fingerprint density at radius 3 is 1.73 bits per heavy atom. The van der Waals surface area contributed by atoms with E-state index in [9.17, 15) is 0 Å². The molecule has 7 aromatic carbocycles. The first-order valence-corrected chi connectivity index (χ1v) is 18.7. The summed E-state index contributed by atoms with van der Waals surface area (Å²) in [5, 5.41) is 0.992. The smallest absolute Gasteiger partial charge is 0.179 e. The topological polar surface area (TPSA) is 70.3 Å². The number of ether oxygens (including phenoxy) is 2. The Labute approximate surface area is 322 Å². The highest BCUT2D eigenvalue weighted by Gasteiger charge is 2.60. The van der Waals surface area contributed by atoms with Crippen molar-refractivity contribution in [2.75, 3.05) is 0 Å². The molecule has 0 saturated heterocycles. The highest BCUT2D eigenvalue weighted by molar-refractivity contribution is 6.03. The van der Waals surface area contributed by atoms with Crippen LogP contribution < -0.4 is 9.47 Å². The fourth-order valence-electron chi connectivity index (χ4n) is 8.80. The maximum atomic E-state index is 6.99. The average Bonchev–Trinajstić information content (AvgIpc) is 3.90. The molecule has 0 amide bonds. The van der Waals surface area contributed by atoms with E-state index in [0.29, 0.717) is 34.7 Å². The van der Waals surface area contributed by atoms with Gasteiger partial charge in [-0.3, -0.25) is 0 Å². The van der Waals surface area contributed by atoms with Gasteiger partial charge in [0.25, 0.3) is 0 Å². The van der Waals surface area contributed by atoms with E-state index in [4.69, 9.17) is 28.8 Å². The van der Waals surface area contributed by atoms with Gasteiger partial charge in [0.2, 0.25) is 0 Å². The van der Waals surface area contributed by atoms with E-state index in [0.717, 1.165) is 78.1 Å². The van der Waals surface area contributed by atoms with Crippen LogP contribution in [0.3, 0.4) is 0 Å². The van der Waals surface area contributed by atoms with E-state index in [2.05, 4.69) is 72.8 Å². The van der Waals surface area contributed by atoms with Gasteiger partial charge >= 0.3 is 0 Å². The summed E-state index contributed by atoms with van der Waals surface area (Å²) in [7, 11) is 0. The summed E-state index contributed by atoms with van der Waals surface area (Å²) in [6, 6.07) is 59.8. The molecule has 0 bridgehead atoms. The van der Waals surface area contributed by atoms with Crippen molar-refractivity contribution in [3.05, 3.63) is 204 Å². The van der Waals surface area contributed by atoms with Crippen molar-refractivity contribution in [3.8, 4) is 67.9 Å². The summed E-state index contributed by atoms with van der Waals surface area (Å²) >= 11 is 0. The van der Waals surface area contributed by atoms with Crippen molar-refractivity contribution >= 4 is 16.7 Å². The standard InChI is InChI=1S/C50H29N3O3/c1-3-15-30(16-4-1)47-51-48(31-17-5-2-6-18-31)53-49(52-47)33-20-13-19-32(29-33)34-23-14-25-38-42(34)35-21-7-9-24-37(35)50(38)45-43(36-22-8-10-26-39(36)55-45)44-46(50)56-41-28-12-11-27-40(41)54-44/h1-29H. The molecule has 262 valence electrons. The number of rotatable bonds is 4. The van der Waals surface area contributed by atoms with Gasteiger partial charge in [-0.15, -0.1) is 0 Å². The van der Waals surface area contributed by atoms with E-state index >= 15 is 0 Å². The Balaban J connectivity index is 1.08. The zero-order valence-corrected chi connectivity index (χ0v) is 29.8. The Hall–Kier alpha value is -7.57. The minimum absolute atomic E-state index is 0.605. The number of para-hydroxylation sites is 3. The summed E-state index contributed by atoms with van der Waals surface area (Å²) in [4.78, 5) is 15.0. The van der Waals surface area contributed by atoms with E-state index in [1.165, 1.54) is 0 Å². The second kappa shape index (κ2) is 11.7. The lowest BCUT2D eigenvalue weighted by Gasteiger charge is -2.31. The summed E-state index contributed by atoms with van der Waals surface area (Å²) in [6.45, 7) is 0. The molecular formula is C50H29N3O3.